The lowest BCUT2D eigenvalue weighted by Crippen LogP contribution is -2.53. The van der Waals surface area contributed by atoms with Gasteiger partial charge in [0.15, 0.2) is 5.96 Å². The average molecular weight is 553 g/mol. The fourth-order valence-corrected chi connectivity index (χ4v) is 5.11. The smallest absolute Gasteiger partial charge is 0.191 e. The van der Waals surface area contributed by atoms with Crippen molar-refractivity contribution in [1.82, 2.24) is 20.4 Å². The zero-order chi connectivity index (χ0) is 21.7. The number of rotatable bonds is 6. The van der Waals surface area contributed by atoms with E-state index in [1.807, 2.05) is 31.0 Å². The van der Waals surface area contributed by atoms with Gasteiger partial charge in [-0.3, -0.25) is 9.67 Å². The van der Waals surface area contributed by atoms with Gasteiger partial charge in [-0.2, -0.15) is 5.10 Å². The first-order valence-electron chi connectivity index (χ1n) is 11.5. The molecule has 32 heavy (non-hydrogen) atoms. The van der Waals surface area contributed by atoms with Crippen LogP contribution in [0.15, 0.2) is 41.7 Å². The molecular formula is C24H37IN6O. The molecule has 7 nitrogen and oxygen atoms in total. The van der Waals surface area contributed by atoms with Gasteiger partial charge in [-0.25, -0.2) is 0 Å². The zero-order valence-corrected chi connectivity index (χ0v) is 21.8. The van der Waals surface area contributed by atoms with Crippen LogP contribution in [0.2, 0.25) is 0 Å². The first kappa shape index (κ1) is 24.7. The average Bonchev–Trinajstić information content (AvgIpc) is 3.47. The maximum atomic E-state index is 5.49. The second-order valence-electron chi connectivity index (χ2n) is 8.95. The van der Waals surface area contributed by atoms with Crippen LogP contribution in [0.4, 0.5) is 5.69 Å². The summed E-state index contributed by atoms with van der Waals surface area (Å²) in [5, 5.41) is 11.7. The van der Waals surface area contributed by atoms with Crippen LogP contribution in [0.25, 0.3) is 0 Å². The van der Waals surface area contributed by atoms with E-state index in [4.69, 9.17) is 4.74 Å². The van der Waals surface area contributed by atoms with Gasteiger partial charge >= 0.3 is 0 Å². The van der Waals surface area contributed by atoms with Gasteiger partial charge in [0.05, 0.1) is 19.0 Å². The van der Waals surface area contributed by atoms with E-state index in [0.717, 1.165) is 44.2 Å². The molecule has 1 unspecified atom stereocenters. The number of hydrogen-bond donors (Lipinski definition) is 2. The van der Waals surface area contributed by atoms with Gasteiger partial charge in [0.1, 0.15) is 5.75 Å². The van der Waals surface area contributed by atoms with Crippen LogP contribution in [0.1, 0.15) is 44.1 Å². The maximum Gasteiger partial charge on any atom is 0.191 e. The van der Waals surface area contributed by atoms with E-state index in [1.54, 1.807) is 7.11 Å². The minimum absolute atomic E-state index is 0. The van der Waals surface area contributed by atoms with Crippen molar-refractivity contribution >= 4 is 35.6 Å². The van der Waals surface area contributed by atoms with Crippen molar-refractivity contribution in [2.45, 2.75) is 50.0 Å². The molecular weight excluding hydrogens is 515 g/mol. The molecule has 1 saturated heterocycles. The van der Waals surface area contributed by atoms with E-state index >= 15 is 0 Å². The highest BCUT2D eigenvalue weighted by Crippen LogP contribution is 2.41. The molecule has 176 valence electrons. The predicted octanol–water partition coefficient (Wildman–Crippen LogP) is 3.69. The zero-order valence-electron chi connectivity index (χ0n) is 19.5. The third-order valence-corrected chi connectivity index (χ3v) is 6.88. The Bertz CT molecular complexity index is 892. The van der Waals surface area contributed by atoms with Gasteiger partial charge < -0.3 is 20.3 Å². The molecule has 8 heteroatoms. The largest absolute Gasteiger partial charge is 0.497 e. The molecule has 2 fully saturated rings. The molecule has 4 rings (SSSR count). The van der Waals surface area contributed by atoms with E-state index in [0.29, 0.717) is 6.04 Å². The van der Waals surface area contributed by atoms with Crippen LogP contribution in [0, 0.1) is 0 Å². The second-order valence-corrected chi connectivity index (χ2v) is 8.95. The Hall–Kier alpha value is -1.97. The van der Waals surface area contributed by atoms with Crippen molar-refractivity contribution in [2.24, 2.45) is 12.0 Å². The van der Waals surface area contributed by atoms with Crippen LogP contribution in [0.3, 0.4) is 0 Å². The third kappa shape index (κ3) is 5.68. The number of aryl methyl sites for hydroxylation is 1. The summed E-state index contributed by atoms with van der Waals surface area (Å²) in [6, 6.07) is 8.96. The molecule has 1 aromatic carbocycles. The summed E-state index contributed by atoms with van der Waals surface area (Å²) >= 11 is 0. The van der Waals surface area contributed by atoms with Crippen molar-refractivity contribution in [2.75, 3.05) is 38.7 Å². The number of hydrogen-bond acceptors (Lipinski definition) is 4. The number of guanidine groups is 1. The van der Waals surface area contributed by atoms with Gasteiger partial charge in [-0.1, -0.05) is 25.0 Å². The van der Waals surface area contributed by atoms with E-state index in [-0.39, 0.29) is 29.4 Å². The molecule has 2 aliphatic rings. The van der Waals surface area contributed by atoms with Crippen molar-refractivity contribution in [3.8, 4) is 5.75 Å². The molecule has 1 aliphatic heterocycles. The number of methoxy groups -OCH3 is 1. The van der Waals surface area contributed by atoms with E-state index in [9.17, 15) is 0 Å². The maximum absolute atomic E-state index is 5.49. The van der Waals surface area contributed by atoms with Gasteiger partial charge in [0.25, 0.3) is 0 Å². The molecule has 0 amide bonds. The highest BCUT2D eigenvalue weighted by atomic mass is 127. The number of halogens is 1. The van der Waals surface area contributed by atoms with Crippen LogP contribution in [-0.2, 0) is 12.5 Å². The van der Waals surface area contributed by atoms with Crippen LogP contribution in [0.5, 0.6) is 5.75 Å². The molecule has 1 saturated carbocycles. The fraction of sp³-hybridized carbons (Fsp3) is 0.583. The quantitative estimate of drug-likeness (QED) is 0.325. The lowest BCUT2D eigenvalue weighted by Gasteiger charge is -2.35. The lowest BCUT2D eigenvalue weighted by molar-refractivity contribution is 0.402. The lowest BCUT2D eigenvalue weighted by atomic mass is 9.78. The number of benzene rings is 1. The topological polar surface area (TPSA) is 66.7 Å². The molecule has 1 aromatic heterocycles. The summed E-state index contributed by atoms with van der Waals surface area (Å²) in [6.45, 7) is 2.93. The first-order chi connectivity index (χ1) is 15.1. The minimum Gasteiger partial charge on any atom is -0.497 e. The van der Waals surface area contributed by atoms with Crippen molar-refractivity contribution in [3.05, 3.63) is 42.2 Å². The highest BCUT2D eigenvalue weighted by molar-refractivity contribution is 14.0. The van der Waals surface area contributed by atoms with Gasteiger partial charge in [0, 0.05) is 51.4 Å². The number of nitrogens with zero attached hydrogens (tertiary/aromatic N) is 4. The SMILES string of the molecule is CN=C(NCC1(c2cccc(OC)c2)CCCC1)NC1CCCN(c2cnn(C)c2)C1.I. The van der Waals surface area contributed by atoms with Gasteiger partial charge in [-0.05, 0) is 43.4 Å². The Morgan fingerprint density at radius 2 is 2.09 bits per heavy atom. The fourth-order valence-electron chi connectivity index (χ4n) is 5.11. The van der Waals surface area contributed by atoms with Crippen LogP contribution in [-0.4, -0.2) is 55.6 Å². The first-order valence-corrected chi connectivity index (χ1v) is 11.5. The van der Waals surface area contributed by atoms with Gasteiger partial charge in [0.2, 0.25) is 0 Å². The Balaban J connectivity index is 0.00000289. The van der Waals surface area contributed by atoms with Crippen molar-refractivity contribution < 1.29 is 4.74 Å². The van der Waals surface area contributed by atoms with Crippen molar-refractivity contribution in [3.63, 3.8) is 0 Å². The number of anilines is 1. The summed E-state index contributed by atoms with van der Waals surface area (Å²) in [5.41, 5.74) is 2.70. The minimum atomic E-state index is 0. The molecule has 2 aromatic rings. The van der Waals surface area contributed by atoms with Crippen LogP contribution < -0.4 is 20.3 Å². The molecule has 1 aliphatic carbocycles. The van der Waals surface area contributed by atoms with E-state index in [2.05, 4.69) is 50.0 Å². The summed E-state index contributed by atoms with van der Waals surface area (Å²) in [6.07, 6.45) is 11.3. The Labute approximate surface area is 209 Å². The Morgan fingerprint density at radius 1 is 1.28 bits per heavy atom. The summed E-state index contributed by atoms with van der Waals surface area (Å²) in [5.74, 6) is 1.83. The monoisotopic (exact) mass is 552 g/mol. The molecule has 0 spiro atoms. The number of ether oxygens (including phenoxy) is 1. The van der Waals surface area contributed by atoms with Gasteiger partial charge in [-0.15, -0.1) is 24.0 Å². The summed E-state index contributed by atoms with van der Waals surface area (Å²) in [4.78, 5) is 6.95. The van der Waals surface area contributed by atoms with Crippen molar-refractivity contribution in [1.29, 1.82) is 0 Å². The molecule has 2 N–H and O–H groups in total. The Morgan fingerprint density at radius 3 is 2.78 bits per heavy atom. The van der Waals surface area contributed by atoms with E-state index < -0.39 is 0 Å². The third-order valence-electron chi connectivity index (χ3n) is 6.88. The highest BCUT2D eigenvalue weighted by Gasteiger charge is 2.36. The summed E-state index contributed by atoms with van der Waals surface area (Å²) in [7, 11) is 5.57. The second kappa shape index (κ2) is 11.2. The van der Waals surface area contributed by atoms with Crippen LogP contribution >= 0.6 is 24.0 Å². The molecule has 0 bridgehead atoms. The number of aliphatic imine (C=N–C) groups is 1. The molecule has 2 heterocycles. The Kier molecular flexibility index (Phi) is 8.67. The van der Waals surface area contributed by atoms with E-state index in [1.165, 1.54) is 36.9 Å². The predicted molar refractivity (Wildman–Crippen MR) is 141 cm³/mol. The summed E-state index contributed by atoms with van der Waals surface area (Å²) < 4.78 is 7.36. The number of nitrogens with one attached hydrogen (secondary N) is 2. The standard InChI is InChI=1S/C24H36N6O.HI/c1-25-23(28-20-9-7-13-30(16-20)21-15-27-29(2)17-21)26-18-24(11-4-5-12-24)19-8-6-10-22(14-19)31-3;/h6,8,10,14-15,17,20H,4-5,7,9,11-13,16,18H2,1-3H3,(H2,25,26,28);1H. The molecule has 0 radical (unpaired) electrons. The number of aromatic nitrogens is 2. The normalized spacial score (nSPS) is 20.5. The number of piperidine rings is 1. The molecule has 1 atom stereocenters.